The summed E-state index contributed by atoms with van der Waals surface area (Å²) in [5, 5.41) is 24.7. The molecule has 0 saturated carbocycles. The molecule has 270 valence electrons. The summed E-state index contributed by atoms with van der Waals surface area (Å²) in [6.45, 7) is 4.79. The fourth-order valence-electron chi connectivity index (χ4n) is 7.75. The van der Waals surface area contributed by atoms with E-state index in [1.54, 1.807) is 55.5 Å². The second-order valence-electron chi connectivity index (χ2n) is 13.9. The first-order chi connectivity index (χ1) is 24.8. The number of nitro benzene ring substituents is 1. The summed E-state index contributed by atoms with van der Waals surface area (Å²) < 4.78 is 23.1. The van der Waals surface area contributed by atoms with Gasteiger partial charge in [0.2, 0.25) is 14.3 Å². The maximum absolute atomic E-state index is 16.4. The zero-order chi connectivity index (χ0) is 37.2. The van der Waals surface area contributed by atoms with E-state index in [0.717, 1.165) is 5.56 Å². The monoisotopic (exact) mass is 724 g/mol. The quantitative estimate of drug-likeness (QED) is 0.0728. The molecule has 2 aliphatic heterocycles. The molecule has 4 atom stereocenters. The van der Waals surface area contributed by atoms with Crippen LogP contribution in [0.5, 0.6) is 0 Å². The summed E-state index contributed by atoms with van der Waals surface area (Å²) in [6, 6.07) is 29.2. The van der Waals surface area contributed by atoms with E-state index >= 15 is 4.11 Å². The molecule has 0 unspecified atom stereocenters. The van der Waals surface area contributed by atoms with E-state index in [4.69, 9.17) is 4.74 Å². The van der Waals surface area contributed by atoms with Gasteiger partial charge in [0.1, 0.15) is 0 Å². The molecule has 1 fully saturated rings. The highest BCUT2D eigenvalue weighted by Gasteiger charge is 2.67. The topological polar surface area (TPSA) is 142 Å². The van der Waals surface area contributed by atoms with Gasteiger partial charge in [-0.05, 0) is 54.6 Å². The molecule has 1 spiro atoms. The molecule has 0 aromatic heterocycles. The van der Waals surface area contributed by atoms with Crippen molar-refractivity contribution in [2.24, 2.45) is 5.92 Å². The van der Waals surface area contributed by atoms with Gasteiger partial charge in [-0.25, -0.2) is 0 Å². The third kappa shape index (κ3) is 7.11. The summed E-state index contributed by atoms with van der Waals surface area (Å²) in [5.41, 5.74) is 0.269. The van der Waals surface area contributed by atoms with Gasteiger partial charge in [-0.15, -0.1) is 0 Å². The van der Waals surface area contributed by atoms with E-state index in [9.17, 15) is 29.6 Å². The maximum atomic E-state index is 16.4. The van der Waals surface area contributed by atoms with Crippen molar-refractivity contribution in [3.05, 3.63) is 135 Å². The Bertz CT molecular complexity index is 1980. The van der Waals surface area contributed by atoms with Crippen LogP contribution in [0.2, 0.25) is 18.6 Å². The standard InChI is InChI=1S/C39H41FN4O7Si/c1-26-36(52(2,3)40)34(23-35(46)42(19-20-45)24-27-11-6-4-7-12-27)51-39(26)32-22-31(44(49)50)17-18-33(32)43(38(39)48)25-28-13-10-16-30(21-28)41-37(47)29-14-8-5-9-15-29/h4-18,21-22,26,34,36,45H,19-20,23-25H2,1-3H3,(H,41,47)/t26-,34+,36-,39+/m1/s1. The Morgan fingerprint density at radius 2 is 1.67 bits per heavy atom. The zero-order valence-corrected chi connectivity index (χ0v) is 30.2. The van der Waals surface area contributed by atoms with Crippen LogP contribution in [0, 0.1) is 16.0 Å². The smallest absolute Gasteiger partial charge is 0.269 e. The second-order valence-corrected chi connectivity index (χ2v) is 17.7. The number of hydrogen-bond acceptors (Lipinski definition) is 7. The number of aliphatic hydroxyl groups excluding tert-OH is 1. The van der Waals surface area contributed by atoms with Gasteiger partial charge in [-0.1, -0.05) is 67.6 Å². The van der Waals surface area contributed by atoms with Crippen LogP contribution in [0.1, 0.15) is 40.4 Å². The lowest BCUT2D eigenvalue weighted by Crippen LogP contribution is -2.45. The Hall–Kier alpha value is -5.24. The van der Waals surface area contributed by atoms with Gasteiger partial charge in [-0.3, -0.25) is 24.5 Å². The lowest BCUT2D eigenvalue weighted by molar-refractivity contribution is -0.385. The van der Waals surface area contributed by atoms with Crippen LogP contribution in [0.15, 0.2) is 103 Å². The van der Waals surface area contributed by atoms with Crippen LogP contribution < -0.4 is 10.2 Å². The summed E-state index contributed by atoms with van der Waals surface area (Å²) >= 11 is 0. The van der Waals surface area contributed by atoms with Crippen LogP contribution in [0.4, 0.5) is 21.2 Å². The average Bonchev–Trinajstić information content (AvgIpc) is 3.54. The number of rotatable bonds is 12. The minimum Gasteiger partial charge on any atom is -0.395 e. The van der Waals surface area contributed by atoms with Crippen molar-refractivity contribution >= 4 is 43.2 Å². The summed E-state index contributed by atoms with van der Waals surface area (Å²) in [7, 11) is -3.66. The van der Waals surface area contributed by atoms with Crippen molar-refractivity contribution < 1.29 is 33.3 Å². The molecule has 3 amide bonds. The highest BCUT2D eigenvalue weighted by Crippen LogP contribution is 2.60. The Balaban J connectivity index is 1.34. The molecule has 0 aliphatic carbocycles. The van der Waals surface area contributed by atoms with Crippen molar-refractivity contribution in [3.63, 3.8) is 0 Å². The number of ether oxygens (including phenoxy) is 1. The molecular formula is C39H41FN4O7Si. The highest BCUT2D eigenvalue weighted by atomic mass is 28.4. The van der Waals surface area contributed by atoms with Gasteiger partial charge in [-0.2, -0.15) is 0 Å². The van der Waals surface area contributed by atoms with Gasteiger partial charge < -0.3 is 29.1 Å². The van der Waals surface area contributed by atoms with Crippen molar-refractivity contribution in [2.75, 3.05) is 23.4 Å². The lowest BCUT2D eigenvalue weighted by atomic mass is 9.82. The number of halogens is 1. The van der Waals surface area contributed by atoms with Crippen LogP contribution in [0.3, 0.4) is 0 Å². The summed E-state index contributed by atoms with van der Waals surface area (Å²) in [5.74, 6) is -1.96. The predicted octanol–water partition coefficient (Wildman–Crippen LogP) is 6.58. The second kappa shape index (κ2) is 14.8. The van der Waals surface area contributed by atoms with E-state index in [1.165, 1.54) is 41.1 Å². The van der Waals surface area contributed by atoms with E-state index in [-0.39, 0.29) is 55.7 Å². The van der Waals surface area contributed by atoms with Crippen LogP contribution in [-0.4, -0.2) is 60.3 Å². The van der Waals surface area contributed by atoms with Gasteiger partial charge in [0.25, 0.3) is 17.5 Å². The normalized spacial score (nSPS) is 20.9. The zero-order valence-electron chi connectivity index (χ0n) is 29.2. The number of benzene rings is 4. The van der Waals surface area contributed by atoms with E-state index < -0.39 is 42.4 Å². The Morgan fingerprint density at radius 1 is 1.00 bits per heavy atom. The predicted molar refractivity (Wildman–Crippen MR) is 197 cm³/mol. The number of fused-ring (bicyclic) bond motifs is 2. The molecule has 2 aliphatic rings. The van der Waals surface area contributed by atoms with Gasteiger partial charge in [0, 0.05) is 53.5 Å². The molecule has 2 N–H and O–H groups in total. The molecule has 1 saturated heterocycles. The molecule has 6 rings (SSSR count). The number of non-ortho nitro benzene ring substituents is 1. The number of carbonyl (C=O) groups is 3. The fraction of sp³-hybridized carbons (Fsp3) is 0.308. The molecular weight excluding hydrogens is 684 g/mol. The van der Waals surface area contributed by atoms with Crippen molar-refractivity contribution in [1.29, 1.82) is 0 Å². The molecule has 11 nitrogen and oxygen atoms in total. The van der Waals surface area contributed by atoms with Crippen LogP contribution in [-0.2, 0) is 33.0 Å². The SMILES string of the molecule is C[C@@H]1[C@@H]([Si](C)(C)F)[C@H](CC(=O)N(CCO)Cc2ccccc2)O[C@@]12C(=O)N(Cc1cccc(NC(=O)c3ccccc3)c1)c1ccc([N+](=O)[O-])cc12. The minimum atomic E-state index is -3.66. The van der Waals surface area contributed by atoms with Crippen molar-refractivity contribution in [3.8, 4) is 0 Å². The fourth-order valence-corrected chi connectivity index (χ4v) is 10.2. The first-order valence-corrected chi connectivity index (χ1v) is 20.1. The highest BCUT2D eigenvalue weighted by molar-refractivity contribution is 6.72. The number of amides is 3. The molecule has 0 bridgehead atoms. The van der Waals surface area contributed by atoms with Crippen LogP contribution >= 0.6 is 0 Å². The van der Waals surface area contributed by atoms with Gasteiger partial charge in [0.05, 0.1) is 36.3 Å². The van der Waals surface area contributed by atoms with Crippen molar-refractivity contribution in [2.45, 2.75) is 56.8 Å². The Labute approximate surface area is 302 Å². The molecule has 4 aromatic rings. The van der Waals surface area contributed by atoms with Crippen molar-refractivity contribution in [1.82, 2.24) is 4.90 Å². The molecule has 0 radical (unpaired) electrons. The molecule has 4 aromatic carbocycles. The Morgan fingerprint density at radius 3 is 2.33 bits per heavy atom. The van der Waals surface area contributed by atoms with E-state index in [1.807, 2.05) is 36.4 Å². The van der Waals surface area contributed by atoms with Gasteiger partial charge in [0.15, 0.2) is 5.60 Å². The minimum absolute atomic E-state index is 0.0303. The van der Waals surface area contributed by atoms with Crippen LogP contribution in [0.25, 0.3) is 0 Å². The first kappa shape index (κ1) is 36.5. The van der Waals surface area contributed by atoms with Gasteiger partial charge >= 0.3 is 0 Å². The summed E-state index contributed by atoms with van der Waals surface area (Å²) in [6.07, 6.45) is -1.26. The third-order valence-electron chi connectivity index (χ3n) is 10.0. The van der Waals surface area contributed by atoms with E-state index in [2.05, 4.69) is 5.32 Å². The largest absolute Gasteiger partial charge is 0.395 e. The Kier molecular flexibility index (Phi) is 10.4. The first-order valence-electron chi connectivity index (χ1n) is 17.2. The summed E-state index contributed by atoms with van der Waals surface area (Å²) in [4.78, 5) is 56.0. The molecule has 13 heteroatoms. The number of hydrogen-bond donors (Lipinski definition) is 2. The molecule has 52 heavy (non-hydrogen) atoms. The maximum Gasteiger partial charge on any atom is 0.269 e. The number of carbonyl (C=O) groups excluding carboxylic acids is 3. The third-order valence-corrected chi connectivity index (χ3v) is 12.5. The lowest BCUT2D eigenvalue weighted by Gasteiger charge is -2.31. The number of aliphatic hydroxyl groups is 1. The number of anilines is 2. The number of nitrogens with one attached hydrogen (secondary N) is 1. The number of nitrogens with zero attached hydrogens (tertiary/aromatic N) is 3. The number of nitro groups is 1. The average molecular weight is 725 g/mol. The van der Waals surface area contributed by atoms with E-state index in [0.29, 0.717) is 22.5 Å². The molecule has 2 heterocycles.